The minimum absolute atomic E-state index is 0.110. The highest BCUT2D eigenvalue weighted by Crippen LogP contribution is 2.28. The second-order valence-corrected chi connectivity index (χ2v) is 5.94. The van der Waals surface area contributed by atoms with Gasteiger partial charge in [-0.25, -0.2) is 0 Å². The van der Waals surface area contributed by atoms with E-state index in [-0.39, 0.29) is 6.04 Å². The summed E-state index contributed by atoms with van der Waals surface area (Å²) in [6.45, 7) is 0. The molecule has 1 heterocycles. The topological polar surface area (TPSA) is 24.9 Å². The lowest BCUT2D eigenvalue weighted by Crippen LogP contribution is -2.19. The summed E-state index contributed by atoms with van der Waals surface area (Å²) < 4.78 is 0.974. The highest BCUT2D eigenvalue weighted by atomic mass is 79.9. The van der Waals surface area contributed by atoms with Crippen LogP contribution in [-0.4, -0.2) is 12.0 Å². The Morgan fingerprint density at radius 3 is 2.63 bits per heavy atom. The molecule has 100 valence electrons. The Bertz CT molecular complexity index is 558. The van der Waals surface area contributed by atoms with Gasteiger partial charge in [-0.1, -0.05) is 29.3 Å². The molecule has 0 saturated carbocycles. The Morgan fingerprint density at radius 2 is 2.05 bits per heavy atom. The molecule has 2 nitrogen and oxygen atoms in total. The molecule has 5 heteroatoms. The van der Waals surface area contributed by atoms with Crippen LogP contribution in [0.3, 0.4) is 0 Å². The molecule has 0 saturated heterocycles. The number of nitrogens with one attached hydrogen (secondary N) is 1. The van der Waals surface area contributed by atoms with Crippen LogP contribution in [0.2, 0.25) is 10.0 Å². The molecule has 1 aromatic carbocycles. The van der Waals surface area contributed by atoms with E-state index >= 15 is 0 Å². The summed E-state index contributed by atoms with van der Waals surface area (Å²) in [7, 11) is 1.91. The van der Waals surface area contributed by atoms with Crippen LogP contribution in [0.4, 0.5) is 0 Å². The van der Waals surface area contributed by atoms with Gasteiger partial charge in [0.15, 0.2) is 0 Å². The van der Waals surface area contributed by atoms with Gasteiger partial charge in [0.25, 0.3) is 0 Å². The molecule has 0 aliphatic heterocycles. The van der Waals surface area contributed by atoms with Crippen LogP contribution in [0.1, 0.15) is 17.3 Å². The van der Waals surface area contributed by atoms with Gasteiger partial charge < -0.3 is 5.32 Å². The minimum Gasteiger partial charge on any atom is -0.313 e. The zero-order valence-electron chi connectivity index (χ0n) is 10.3. The Morgan fingerprint density at radius 1 is 1.26 bits per heavy atom. The molecule has 1 atom stereocenters. The van der Waals surface area contributed by atoms with Crippen LogP contribution >= 0.6 is 39.1 Å². The maximum absolute atomic E-state index is 6.24. The highest BCUT2D eigenvalue weighted by Gasteiger charge is 2.14. The summed E-state index contributed by atoms with van der Waals surface area (Å²) in [4.78, 5) is 4.38. The molecule has 0 aliphatic carbocycles. The number of nitrogens with zero attached hydrogens (tertiary/aromatic N) is 1. The lowest BCUT2D eigenvalue weighted by molar-refractivity contribution is 0.584. The molecular weight excluding hydrogens is 347 g/mol. The fourth-order valence-electron chi connectivity index (χ4n) is 1.89. The van der Waals surface area contributed by atoms with E-state index in [1.54, 1.807) is 12.3 Å². The number of benzene rings is 1. The van der Waals surface area contributed by atoms with E-state index in [0.29, 0.717) is 10.0 Å². The molecule has 0 aliphatic rings. The van der Waals surface area contributed by atoms with Crippen LogP contribution < -0.4 is 5.32 Å². The number of halogens is 3. The van der Waals surface area contributed by atoms with Crippen LogP contribution in [0, 0.1) is 0 Å². The van der Waals surface area contributed by atoms with E-state index in [2.05, 4.69) is 26.2 Å². The van der Waals surface area contributed by atoms with E-state index in [9.17, 15) is 0 Å². The predicted molar refractivity (Wildman–Crippen MR) is 83.9 cm³/mol. The molecule has 0 bridgehead atoms. The fourth-order valence-corrected chi connectivity index (χ4v) is 2.66. The number of pyridine rings is 1. The lowest BCUT2D eigenvalue weighted by atomic mass is 10.0. The quantitative estimate of drug-likeness (QED) is 0.859. The van der Waals surface area contributed by atoms with Gasteiger partial charge in [0, 0.05) is 38.9 Å². The largest absolute Gasteiger partial charge is 0.313 e. The summed E-state index contributed by atoms with van der Waals surface area (Å²) in [6.07, 6.45) is 2.57. The van der Waals surface area contributed by atoms with Crippen LogP contribution in [0.25, 0.3) is 0 Å². The standard InChI is InChI=1S/C14H13BrCl2N2/c1-18-14(7-11-4-2-9(15)8-19-11)12-5-3-10(16)6-13(12)17/h2-6,8,14,18H,7H2,1H3. The first-order chi connectivity index (χ1) is 9.10. The first kappa shape index (κ1) is 14.8. The molecule has 1 aromatic heterocycles. The minimum atomic E-state index is 0.110. The molecule has 1 N–H and O–H groups in total. The summed E-state index contributed by atoms with van der Waals surface area (Å²) >= 11 is 15.5. The zero-order chi connectivity index (χ0) is 13.8. The third-order valence-electron chi connectivity index (χ3n) is 2.89. The van der Waals surface area contributed by atoms with Gasteiger partial charge in [-0.3, -0.25) is 4.98 Å². The van der Waals surface area contributed by atoms with Crippen molar-refractivity contribution in [1.82, 2.24) is 10.3 Å². The first-order valence-corrected chi connectivity index (χ1v) is 7.37. The Kier molecular flexibility index (Phi) is 5.22. The number of aromatic nitrogens is 1. The van der Waals surface area contributed by atoms with Crippen molar-refractivity contribution >= 4 is 39.1 Å². The second kappa shape index (κ2) is 6.71. The Labute approximate surface area is 131 Å². The van der Waals surface area contributed by atoms with Gasteiger partial charge in [-0.15, -0.1) is 0 Å². The van der Waals surface area contributed by atoms with Crippen molar-refractivity contribution in [2.45, 2.75) is 12.5 Å². The number of hydrogen-bond acceptors (Lipinski definition) is 2. The average Bonchev–Trinajstić information content (AvgIpc) is 2.39. The number of likely N-dealkylation sites (N-methyl/N-ethyl adjacent to an activating group) is 1. The molecule has 0 fully saturated rings. The summed E-state index contributed by atoms with van der Waals surface area (Å²) in [6, 6.07) is 9.65. The first-order valence-electron chi connectivity index (χ1n) is 5.83. The maximum Gasteiger partial charge on any atom is 0.0468 e. The molecule has 19 heavy (non-hydrogen) atoms. The number of rotatable bonds is 4. The monoisotopic (exact) mass is 358 g/mol. The lowest BCUT2D eigenvalue weighted by Gasteiger charge is -2.18. The van der Waals surface area contributed by atoms with Gasteiger partial charge in [0.05, 0.1) is 0 Å². The molecular formula is C14H13BrCl2N2. The van der Waals surface area contributed by atoms with Gasteiger partial charge in [-0.2, -0.15) is 0 Å². The van der Waals surface area contributed by atoms with Crippen molar-refractivity contribution in [3.05, 3.63) is 62.3 Å². The van der Waals surface area contributed by atoms with Gasteiger partial charge in [0.1, 0.15) is 0 Å². The van der Waals surface area contributed by atoms with E-state index in [0.717, 1.165) is 22.2 Å². The zero-order valence-corrected chi connectivity index (χ0v) is 13.4. The second-order valence-electron chi connectivity index (χ2n) is 4.18. The molecule has 0 spiro atoms. The maximum atomic E-state index is 6.24. The summed E-state index contributed by atoms with van der Waals surface area (Å²) in [5.74, 6) is 0. The SMILES string of the molecule is CNC(Cc1ccc(Br)cn1)c1ccc(Cl)cc1Cl. The van der Waals surface area contributed by atoms with E-state index in [1.165, 1.54) is 0 Å². The fraction of sp³-hybridized carbons (Fsp3) is 0.214. The van der Waals surface area contributed by atoms with Gasteiger partial charge in [-0.05, 0) is 52.8 Å². The Balaban J connectivity index is 2.22. The van der Waals surface area contributed by atoms with E-state index < -0.39 is 0 Å². The van der Waals surface area contributed by atoms with Crippen molar-refractivity contribution in [3.63, 3.8) is 0 Å². The van der Waals surface area contributed by atoms with Crippen molar-refractivity contribution in [1.29, 1.82) is 0 Å². The van der Waals surface area contributed by atoms with Crippen molar-refractivity contribution in [2.24, 2.45) is 0 Å². The van der Waals surface area contributed by atoms with Gasteiger partial charge >= 0.3 is 0 Å². The molecule has 2 rings (SSSR count). The van der Waals surface area contributed by atoms with Crippen LogP contribution in [0.15, 0.2) is 41.0 Å². The smallest absolute Gasteiger partial charge is 0.0468 e. The van der Waals surface area contributed by atoms with Crippen molar-refractivity contribution < 1.29 is 0 Å². The molecule has 0 radical (unpaired) electrons. The highest BCUT2D eigenvalue weighted by molar-refractivity contribution is 9.10. The van der Waals surface area contributed by atoms with Crippen LogP contribution in [-0.2, 0) is 6.42 Å². The molecule has 1 unspecified atom stereocenters. The Hall–Kier alpha value is -0.610. The van der Waals surface area contributed by atoms with E-state index in [4.69, 9.17) is 23.2 Å². The van der Waals surface area contributed by atoms with Gasteiger partial charge in [0.2, 0.25) is 0 Å². The molecule has 0 amide bonds. The molecule has 2 aromatic rings. The average molecular weight is 360 g/mol. The summed E-state index contributed by atoms with van der Waals surface area (Å²) in [5, 5.41) is 4.58. The number of hydrogen-bond donors (Lipinski definition) is 1. The normalized spacial score (nSPS) is 12.4. The van der Waals surface area contributed by atoms with Crippen molar-refractivity contribution in [2.75, 3.05) is 7.05 Å². The third kappa shape index (κ3) is 3.93. The van der Waals surface area contributed by atoms with Crippen molar-refractivity contribution in [3.8, 4) is 0 Å². The van der Waals surface area contributed by atoms with E-state index in [1.807, 2.05) is 31.3 Å². The van der Waals surface area contributed by atoms with Crippen LogP contribution in [0.5, 0.6) is 0 Å². The summed E-state index contributed by atoms with van der Waals surface area (Å²) in [5.41, 5.74) is 2.03. The predicted octanol–water partition coefficient (Wildman–Crippen LogP) is 4.65. The third-order valence-corrected chi connectivity index (χ3v) is 3.92.